The van der Waals surface area contributed by atoms with E-state index in [1.807, 2.05) is 0 Å². The van der Waals surface area contributed by atoms with E-state index in [2.05, 4.69) is 15.0 Å². The molecule has 0 bridgehead atoms. The summed E-state index contributed by atoms with van der Waals surface area (Å²) in [5, 5.41) is 9.47. The lowest BCUT2D eigenvalue weighted by Crippen LogP contribution is -2.10. The van der Waals surface area contributed by atoms with Gasteiger partial charge in [0, 0.05) is 6.21 Å². The maximum absolute atomic E-state index is 11.4. The molecule has 2 heterocycles. The van der Waals surface area contributed by atoms with E-state index < -0.39 is 5.56 Å². The summed E-state index contributed by atoms with van der Waals surface area (Å²) in [6.07, 6.45) is 6.53. The number of aromatic amines is 2. The number of hydrogen-bond donors (Lipinski definition) is 3. The van der Waals surface area contributed by atoms with E-state index in [4.69, 9.17) is 12.2 Å². The van der Waals surface area contributed by atoms with Gasteiger partial charge in [0.25, 0.3) is 5.56 Å². The number of aromatic hydroxyl groups is 1. The molecular formula is C9H7N3O2S. The fraction of sp³-hybridized carbons (Fsp3) is 0. The lowest BCUT2D eigenvalue weighted by atomic mass is 10.2. The standard InChI is InChI=1S/C9H7N3O2S/c13-7-6(4-5-2-1-3-10-5)8(14)12-9(15)11-7/h1-4H,(H3,11,12,13,14,15)/b5-4+. The van der Waals surface area contributed by atoms with Gasteiger partial charge in [-0.25, -0.2) is 0 Å². The van der Waals surface area contributed by atoms with Crippen LogP contribution in [0.4, 0.5) is 0 Å². The molecule has 1 aromatic heterocycles. The predicted molar refractivity (Wildman–Crippen MR) is 59.5 cm³/mol. The van der Waals surface area contributed by atoms with Gasteiger partial charge in [0.15, 0.2) is 4.77 Å². The topological polar surface area (TPSA) is 81.2 Å². The highest BCUT2D eigenvalue weighted by Crippen LogP contribution is 2.14. The fourth-order valence-corrected chi connectivity index (χ4v) is 1.35. The highest BCUT2D eigenvalue weighted by Gasteiger charge is 2.05. The average molecular weight is 221 g/mol. The van der Waals surface area contributed by atoms with Gasteiger partial charge in [-0.05, 0) is 30.4 Å². The summed E-state index contributed by atoms with van der Waals surface area (Å²) in [6, 6.07) is 0. The zero-order chi connectivity index (χ0) is 10.8. The number of nitrogens with zero attached hydrogens (tertiary/aromatic N) is 1. The largest absolute Gasteiger partial charge is 0.494 e. The number of rotatable bonds is 1. The van der Waals surface area contributed by atoms with E-state index in [0.717, 1.165) is 0 Å². The van der Waals surface area contributed by atoms with Crippen LogP contribution in [0.25, 0.3) is 6.08 Å². The highest BCUT2D eigenvalue weighted by atomic mass is 32.1. The summed E-state index contributed by atoms with van der Waals surface area (Å²) < 4.78 is 0.0881. The zero-order valence-corrected chi connectivity index (χ0v) is 8.34. The van der Waals surface area contributed by atoms with Gasteiger partial charge in [-0.1, -0.05) is 0 Å². The Bertz CT molecular complexity index is 578. The lowest BCUT2D eigenvalue weighted by Gasteiger charge is -1.97. The molecule has 15 heavy (non-hydrogen) atoms. The molecule has 0 spiro atoms. The van der Waals surface area contributed by atoms with Crippen LogP contribution in [0.5, 0.6) is 5.88 Å². The van der Waals surface area contributed by atoms with Crippen LogP contribution >= 0.6 is 12.2 Å². The van der Waals surface area contributed by atoms with E-state index >= 15 is 0 Å². The number of H-pyrrole nitrogens is 2. The monoisotopic (exact) mass is 221 g/mol. The molecule has 0 saturated carbocycles. The molecule has 0 unspecified atom stereocenters. The van der Waals surface area contributed by atoms with Crippen LogP contribution in [-0.4, -0.2) is 21.3 Å². The van der Waals surface area contributed by atoms with Crippen molar-refractivity contribution in [3.8, 4) is 5.88 Å². The van der Waals surface area contributed by atoms with Crippen LogP contribution in [0.15, 0.2) is 27.6 Å². The van der Waals surface area contributed by atoms with Gasteiger partial charge in [0.2, 0.25) is 5.88 Å². The van der Waals surface area contributed by atoms with Gasteiger partial charge < -0.3 is 10.1 Å². The smallest absolute Gasteiger partial charge is 0.262 e. The second-order valence-electron chi connectivity index (χ2n) is 2.88. The molecule has 1 aliphatic rings. The van der Waals surface area contributed by atoms with Crippen molar-refractivity contribution >= 4 is 24.5 Å². The predicted octanol–water partition coefficient (Wildman–Crippen LogP) is 1.12. The van der Waals surface area contributed by atoms with Gasteiger partial charge in [-0.3, -0.25) is 14.8 Å². The summed E-state index contributed by atoms with van der Waals surface area (Å²) >= 11 is 4.69. The molecule has 0 fully saturated rings. The number of aromatic nitrogens is 2. The van der Waals surface area contributed by atoms with Crippen molar-refractivity contribution in [3.05, 3.63) is 38.5 Å². The average Bonchev–Trinajstić information content (AvgIpc) is 2.63. The van der Waals surface area contributed by atoms with Gasteiger partial charge in [-0.2, -0.15) is 0 Å². The fourth-order valence-electron chi connectivity index (χ4n) is 1.17. The molecule has 0 aromatic carbocycles. The third-order valence-corrected chi connectivity index (χ3v) is 2.03. The molecule has 0 atom stereocenters. The van der Waals surface area contributed by atoms with Gasteiger partial charge in [-0.15, -0.1) is 0 Å². The Morgan fingerprint density at radius 1 is 1.47 bits per heavy atom. The molecule has 1 aromatic rings. The quantitative estimate of drug-likeness (QED) is 0.621. The minimum absolute atomic E-state index is 0.0881. The van der Waals surface area contributed by atoms with Crippen LogP contribution in [0.3, 0.4) is 0 Å². The molecule has 6 heteroatoms. The van der Waals surface area contributed by atoms with Crippen molar-refractivity contribution in [1.29, 1.82) is 0 Å². The zero-order valence-electron chi connectivity index (χ0n) is 7.52. The molecular weight excluding hydrogens is 214 g/mol. The first-order valence-electron chi connectivity index (χ1n) is 4.15. The van der Waals surface area contributed by atoms with Crippen LogP contribution in [0, 0.1) is 4.77 Å². The summed E-state index contributed by atoms with van der Waals surface area (Å²) in [5.74, 6) is -0.258. The first-order chi connectivity index (χ1) is 7.16. The first kappa shape index (κ1) is 9.60. The minimum atomic E-state index is -0.445. The molecule has 5 nitrogen and oxygen atoms in total. The second-order valence-corrected chi connectivity index (χ2v) is 3.29. The molecule has 0 amide bonds. The van der Waals surface area contributed by atoms with Crippen molar-refractivity contribution in [3.63, 3.8) is 0 Å². The summed E-state index contributed by atoms with van der Waals surface area (Å²) in [4.78, 5) is 20.2. The van der Waals surface area contributed by atoms with E-state index in [-0.39, 0.29) is 16.2 Å². The Hall–Kier alpha value is -1.95. The lowest BCUT2D eigenvalue weighted by molar-refractivity contribution is 0.448. The third kappa shape index (κ3) is 1.94. The molecule has 0 aliphatic carbocycles. The third-order valence-electron chi connectivity index (χ3n) is 1.83. The van der Waals surface area contributed by atoms with Gasteiger partial charge in [0.05, 0.1) is 5.70 Å². The first-order valence-corrected chi connectivity index (χ1v) is 4.55. The van der Waals surface area contributed by atoms with Gasteiger partial charge >= 0.3 is 0 Å². The minimum Gasteiger partial charge on any atom is -0.494 e. The molecule has 2 rings (SSSR count). The molecule has 0 saturated heterocycles. The van der Waals surface area contributed by atoms with Crippen molar-refractivity contribution in [2.45, 2.75) is 0 Å². The van der Waals surface area contributed by atoms with E-state index in [1.165, 1.54) is 6.08 Å². The van der Waals surface area contributed by atoms with Gasteiger partial charge in [0.1, 0.15) is 5.56 Å². The van der Waals surface area contributed by atoms with E-state index in [9.17, 15) is 9.90 Å². The summed E-state index contributed by atoms with van der Waals surface area (Å²) in [5.41, 5.74) is 0.267. The van der Waals surface area contributed by atoms with Crippen molar-refractivity contribution < 1.29 is 5.11 Å². The van der Waals surface area contributed by atoms with Crippen LogP contribution in [0.1, 0.15) is 5.56 Å². The van der Waals surface area contributed by atoms with E-state index in [1.54, 1.807) is 18.4 Å². The maximum Gasteiger partial charge on any atom is 0.262 e. The number of aliphatic imine (C=N–C) groups is 1. The molecule has 0 radical (unpaired) electrons. The Morgan fingerprint density at radius 3 is 2.87 bits per heavy atom. The molecule has 3 N–H and O–H groups in total. The highest BCUT2D eigenvalue weighted by molar-refractivity contribution is 7.71. The Labute approximate surface area is 89.5 Å². The van der Waals surface area contributed by atoms with Crippen LogP contribution < -0.4 is 5.56 Å². The summed E-state index contributed by atoms with van der Waals surface area (Å²) in [6.45, 7) is 0. The maximum atomic E-state index is 11.4. The summed E-state index contributed by atoms with van der Waals surface area (Å²) in [7, 11) is 0. The number of hydrogen-bond acceptors (Lipinski definition) is 4. The Balaban J connectivity index is 2.59. The van der Waals surface area contributed by atoms with Crippen molar-refractivity contribution in [2.24, 2.45) is 4.99 Å². The van der Waals surface area contributed by atoms with Crippen molar-refractivity contribution in [1.82, 2.24) is 9.97 Å². The van der Waals surface area contributed by atoms with E-state index in [0.29, 0.717) is 5.70 Å². The van der Waals surface area contributed by atoms with Crippen molar-refractivity contribution in [2.75, 3.05) is 0 Å². The Morgan fingerprint density at radius 2 is 2.27 bits per heavy atom. The normalized spacial score (nSPS) is 16.4. The van der Waals surface area contributed by atoms with Crippen LogP contribution in [-0.2, 0) is 0 Å². The second kappa shape index (κ2) is 3.66. The molecule has 1 aliphatic heterocycles. The van der Waals surface area contributed by atoms with Crippen LogP contribution in [0.2, 0.25) is 0 Å². The Kier molecular flexibility index (Phi) is 2.34. The number of nitrogens with one attached hydrogen (secondary N) is 2. The SMILES string of the molecule is O=c1[nH]c(=S)[nH]c(O)c1/C=C1\C=CC=N1. The molecule has 76 valence electrons. The number of allylic oxidation sites excluding steroid dienone is 2.